The highest BCUT2D eigenvalue weighted by atomic mass is 16.5. The van der Waals surface area contributed by atoms with Crippen LogP contribution in [0, 0.1) is 0 Å². The lowest BCUT2D eigenvalue weighted by atomic mass is 10.1. The van der Waals surface area contributed by atoms with E-state index in [2.05, 4.69) is 11.7 Å². The topological polar surface area (TPSA) is 66.8 Å². The van der Waals surface area contributed by atoms with E-state index in [9.17, 15) is 15.0 Å². The van der Waals surface area contributed by atoms with Crippen LogP contribution in [0.25, 0.3) is 0 Å². The maximum atomic E-state index is 10.9. The predicted molar refractivity (Wildman–Crippen MR) is 98.7 cm³/mol. The summed E-state index contributed by atoms with van der Waals surface area (Å²) in [4.78, 5) is 10.9. The van der Waals surface area contributed by atoms with Crippen LogP contribution in [0.2, 0.25) is 0 Å². The van der Waals surface area contributed by atoms with Crippen molar-refractivity contribution in [2.45, 2.75) is 76.9 Å². The number of esters is 1. The Balaban J connectivity index is 3.74. The average molecular weight is 338 g/mol. The summed E-state index contributed by atoms with van der Waals surface area (Å²) < 4.78 is 4.51. The number of unbranched alkanes of at least 4 members (excludes halogenated alkanes) is 5. The molecule has 2 atom stereocenters. The summed E-state index contributed by atoms with van der Waals surface area (Å²) in [6.07, 6.45) is 18.2. The molecule has 24 heavy (non-hydrogen) atoms. The second-order valence-corrected chi connectivity index (χ2v) is 5.96. The van der Waals surface area contributed by atoms with Crippen LogP contribution in [0.3, 0.4) is 0 Å². The minimum Gasteiger partial charge on any atom is -0.469 e. The molecule has 4 nitrogen and oxygen atoms in total. The van der Waals surface area contributed by atoms with Crippen molar-refractivity contribution >= 4 is 5.97 Å². The lowest BCUT2D eigenvalue weighted by Crippen LogP contribution is -2.07. The molecule has 2 unspecified atom stereocenters. The van der Waals surface area contributed by atoms with Crippen LogP contribution >= 0.6 is 0 Å². The third-order valence-electron chi connectivity index (χ3n) is 3.73. The largest absolute Gasteiger partial charge is 0.469 e. The van der Waals surface area contributed by atoms with Crippen molar-refractivity contribution < 1.29 is 19.7 Å². The molecule has 0 heterocycles. The second kappa shape index (κ2) is 16.5. The van der Waals surface area contributed by atoms with Gasteiger partial charge in [-0.05, 0) is 12.8 Å². The quantitative estimate of drug-likeness (QED) is 0.284. The van der Waals surface area contributed by atoms with Gasteiger partial charge in [-0.3, -0.25) is 4.79 Å². The SMILES string of the molecule is CCCCCCCCC(O)C=CC=CC=CC(O)CCC(=O)OC. The molecule has 138 valence electrons. The smallest absolute Gasteiger partial charge is 0.305 e. The van der Waals surface area contributed by atoms with E-state index in [-0.39, 0.29) is 12.4 Å². The van der Waals surface area contributed by atoms with Gasteiger partial charge in [-0.15, -0.1) is 0 Å². The van der Waals surface area contributed by atoms with Gasteiger partial charge >= 0.3 is 5.97 Å². The molecule has 0 aromatic heterocycles. The first-order valence-electron chi connectivity index (χ1n) is 9.04. The van der Waals surface area contributed by atoms with Gasteiger partial charge in [0, 0.05) is 6.42 Å². The van der Waals surface area contributed by atoms with E-state index in [1.165, 1.54) is 39.2 Å². The maximum absolute atomic E-state index is 10.9. The summed E-state index contributed by atoms with van der Waals surface area (Å²) in [5, 5.41) is 19.4. The van der Waals surface area contributed by atoms with Crippen molar-refractivity contribution in [3.05, 3.63) is 36.5 Å². The molecule has 0 saturated carbocycles. The van der Waals surface area contributed by atoms with E-state index in [1.807, 2.05) is 12.2 Å². The summed E-state index contributed by atoms with van der Waals surface area (Å²) >= 11 is 0. The monoisotopic (exact) mass is 338 g/mol. The molecule has 0 fully saturated rings. The van der Waals surface area contributed by atoms with Gasteiger partial charge in [0.2, 0.25) is 0 Å². The van der Waals surface area contributed by atoms with E-state index >= 15 is 0 Å². The van der Waals surface area contributed by atoms with Gasteiger partial charge < -0.3 is 14.9 Å². The van der Waals surface area contributed by atoms with E-state index < -0.39 is 12.2 Å². The Morgan fingerprint density at radius 2 is 1.42 bits per heavy atom. The third kappa shape index (κ3) is 15.5. The van der Waals surface area contributed by atoms with E-state index in [0.717, 1.165) is 12.8 Å². The fourth-order valence-corrected chi connectivity index (χ4v) is 2.21. The molecular formula is C20H34O4. The van der Waals surface area contributed by atoms with Gasteiger partial charge in [-0.25, -0.2) is 0 Å². The van der Waals surface area contributed by atoms with Crippen molar-refractivity contribution in [3.8, 4) is 0 Å². The highest BCUT2D eigenvalue weighted by Gasteiger charge is 2.04. The zero-order chi connectivity index (χ0) is 18.0. The lowest BCUT2D eigenvalue weighted by Gasteiger charge is -2.04. The number of aliphatic hydroxyl groups is 2. The molecule has 0 aromatic carbocycles. The second-order valence-electron chi connectivity index (χ2n) is 5.96. The minimum atomic E-state index is -0.656. The Hall–Kier alpha value is -1.39. The summed E-state index contributed by atoms with van der Waals surface area (Å²) in [5.74, 6) is -0.319. The van der Waals surface area contributed by atoms with Crippen molar-refractivity contribution in [2.24, 2.45) is 0 Å². The summed E-state index contributed by atoms with van der Waals surface area (Å²) in [6.45, 7) is 2.21. The maximum Gasteiger partial charge on any atom is 0.305 e. The van der Waals surface area contributed by atoms with Crippen LogP contribution in [0.15, 0.2) is 36.5 Å². The number of carbonyl (C=O) groups excluding carboxylic acids is 1. The van der Waals surface area contributed by atoms with Crippen LogP contribution < -0.4 is 0 Å². The molecule has 0 aliphatic heterocycles. The first kappa shape index (κ1) is 22.6. The van der Waals surface area contributed by atoms with E-state index in [4.69, 9.17) is 0 Å². The first-order chi connectivity index (χ1) is 11.6. The van der Waals surface area contributed by atoms with Crippen molar-refractivity contribution in [3.63, 3.8) is 0 Å². The van der Waals surface area contributed by atoms with Crippen LogP contribution in [0.5, 0.6) is 0 Å². The first-order valence-corrected chi connectivity index (χ1v) is 9.04. The molecule has 2 N–H and O–H groups in total. The van der Waals surface area contributed by atoms with Gasteiger partial charge in [0.25, 0.3) is 0 Å². The van der Waals surface area contributed by atoms with E-state index in [0.29, 0.717) is 6.42 Å². The Labute approximate surface area is 146 Å². The van der Waals surface area contributed by atoms with Crippen LogP contribution in [-0.2, 0) is 9.53 Å². The Kier molecular flexibility index (Phi) is 15.5. The Morgan fingerprint density at radius 1 is 0.875 bits per heavy atom. The summed E-state index contributed by atoms with van der Waals surface area (Å²) in [7, 11) is 1.33. The molecule has 0 aliphatic carbocycles. The number of aliphatic hydroxyl groups excluding tert-OH is 2. The zero-order valence-electron chi connectivity index (χ0n) is 15.2. The standard InChI is InChI=1S/C20H34O4/c1-3-4-5-6-7-10-13-18(21)14-11-8-9-12-15-19(22)16-17-20(23)24-2/h8-9,11-12,14-15,18-19,21-22H,3-7,10,13,16-17H2,1-2H3. The Bertz CT molecular complexity index is 385. The van der Waals surface area contributed by atoms with Crippen molar-refractivity contribution in [1.29, 1.82) is 0 Å². The molecule has 0 saturated heterocycles. The number of carbonyl (C=O) groups is 1. The molecule has 0 amide bonds. The molecule has 0 aromatic rings. The number of ether oxygens (including phenoxy) is 1. The lowest BCUT2D eigenvalue weighted by molar-refractivity contribution is -0.141. The van der Waals surface area contributed by atoms with E-state index in [1.54, 1.807) is 24.3 Å². The fourth-order valence-electron chi connectivity index (χ4n) is 2.21. The van der Waals surface area contributed by atoms with Crippen molar-refractivity contribution in [1.82, 2.24) is 0 Å². The molecular weight excluding hydrogens is 304 g/mol. The van der Waals surface area contributed by atoms with Gasteiger partial charge in [-0.1, -0.05) is 81.9 Å². The van der Waals surface area contributed by atoms with Gasteiger partial charge in [0.15, 0.2) is 0 Å². The van der Waals surface area contributed by atoms with Gasteiger partial charge in [0.1, 0.15) is 0 Å². The molecule has 4 heteroatoms. The highest BCUT2D eigenvalue weighted by Crippen LogP contribution is 2.09. The third-order valence-corrected chi connectivity index (χ3v) is 3.73. The number of hydrogen-bond acceptors (Lipinski definition) is 4. The number of hydrogen-bond donors (Lipinski definition) is 2. The molecule has 0 aliphatic rings. The van der Waals surface area contributed by atoms with Gasteiger partial charge in [0.05, 0.1) is 19.3 Å². The number of allylic oxidation sites excluding steroid dienone is 4. The van der Waals surface area contributed by atoms with Crippen LogP contribution in [0.4, 0.5) is 0 Å². The molecule has 0 spiro atoms. The Morgan fingerprint density at radius 3 is 2.00 bits per heavy atom. The van der Waals surface area contributed by atoms with Crippen LogP contribution in [0.1, 0.15) is 64.7 Å². The highest BCUT2D eigenvalue weighted by molar-refractivity contribution is 5.69. The fraction of sp³-hybridized carbons (Fsp3) is 0.650. The molecule has 0 radical (unpaired) electrons. The average Bonchev–Trinajstić information content (AvgIpc) is 2.58. The van der Waals surface area contributed by atoms with Crippen molar-refractivity contribution in [2.75, 3.05) is 7.11 Å². The van der Waals surface area contributed by atoms with Gasteiger partial charge in [-0.2, -0.15) is 0 Å². The summed E-state index contributed by atoms with van der Waals surface area (Å²) in [5.41, 5.74) is 0. The predicted octanol–water partition coefficient (Wildman–Crippen LogP) is 4.08. The minimum absolute atomic E-state index is 0.205. The normalized spacial score (nSPS) is 14.7. The molecule has 0 bridgehead atoms. The number of methoxy groups -OCH3 is 1. The summed E-state index contributed by atoms with van der Waals surface area (Å²) in [6, 6.07) is 0. The van der Waals surface area contributed by atoms with Crippen LogP contribution in [-0.4, -0.2) is 35.5 Å². The number of rotatable bonds is 14. The molecule has 0 rings (SSSR count). The zero-order valence-corrected chi connectivity index (χ0v) is 15.2.